The summed E-state index contributed by atoms with van der Waals surface area (Å²) in [6.07, 6.45) is 0. The van der Waals surface area contributed by atoms with Crippen molar-refractivity contribution in [2.24, 2.45) is 0 Å². The van der Waals surface area contributed by atoms with Gasteiger partial charge in [0.1, 0.15) is 11.5 Å². The van der Waals surface area contributed by atoms with E-state index in [1.54, 1.807) is 29.5 Å². The van der Waals surface area contributed by atoms with Crippen LogP contribution in [0.15, 0.2) is 48.5 Å². The van der Waals surface area contributed by atoms with E-state index >= 15 is 0 Å². The fourth-order valence-electron chi connectivity index (χ4n) is 1.81. The third-order valence-corrected chi connectivity index (χ3v) is 3.84. The van der Waals surface area contributed by atoms with E-state index in [4.69, 9.17) is 0 Å². The highest BCUT2D eigenvalue weighted by Crippen LogP contribution is 2.37. The molecule has 0 unspecified atom stereocenters. The molecular formula is C14H10O2S. The van der Waals surface area contributed by atoms with Crippen LogP contribution >= 0.6 is 11.3 Å². The lowest BCUT2D eigenvalue weighted by atomic mass is 10.1. The summed E-state index contributed by atoms with van der Waals surface area (Å²) >= 11 is 1.63. The molecule has 0 bridgehead atoms. The summed E-state index contributed by atoms with van der Waals surface area (Å²) in [5.41, 5.74) is 1.04. The van der Waals surface area contributed by atoms with Crippen LogP contribution < -0.4 is 0 Å². The van der Waals surface area contributed by atoms with Gasteiger partial charge in [0.05, 0.1) is 0 Å². The molecule has 3 rings (SSSR count). The highest BCUT2D eigenvalue weighted by Gasteiger charge is 2.06. The molecule has 0 aliphatic carbocycles. The fourth-order valence-corrected chi connectivity index (χ4v) is 2.90. The number of rotatable bonds is 1. The minimum Gasteiger partial charge on any atom is -0.508 e. The number of phenols is 2. The number of aromatic hydroxyl groups is 2. The monoisotopic (exact) mass is 242 g/mol. The minimum absolute atomic E-state index is 0.262. The molecule has 1 heterocycles. The fraction of sp³-hybridized carbons (Fsp3) is 0. The maximum absolute atomic E-state index is 9.74. The second-order valence-corrected chi connectivity index (χ2v) is 4.93. The van der Waals surface area contributed by atoms with Crippen LogP contribution in [0.25, 0.3) is 20.5 Å². The van der Waals surface area contributed by atoms with Crippen molar-refractivity contribution >= 4 is 21.4 Å². The molecule has 2 N–H and O–H groups in total. The second-order valence-electron chi connectivity index (χ2n) is 3.85. The van der Waals surface area contributed by atoms with E-state index in [0.717, 1.165) is 20.5 Å². The molecule has 0 aliphatic rings. The lowest BCUT2D eigenvalue weighted by Gasteiger charge is -1.96. The van der Waals surface area contributed by atoms with Crippen molar-refractivity contribution < 1.29 is 10.2 Å². The van der Waals surface area contributed by atoms with Crippen molar-refractivity contribution in [3.05, 3.63) is 48.5 Å². The molecule has 0 radical (unpaired) electrons. The molecule has 2 nitrogen and oxygen atoms in total. The molecule has 0 aliphatic heterocycles. The first kappa shape index (κ1) is 10.2. The number of phenolic OH excluding ortho intramolecular Hbond substituents is 2. The molecule has 0 atom stereocenters. The van der Waals surface area contributed by atoms with Crippen molar-refractivity contribution in [1.29, 1.82) is 0 Å². The first-order valence-corrected chi connectivity index (χ1v) is 6.06. The van der Waals surface area contributed by atoms with Crippen LogP contribution in [0.3, 0.4) is 0 Å². The van der Waals surface area contributed by atoms with Gasteiger partial charge in [0, 0.05) is 15.0 Å². The average Bonchev–Trinajstić information content (AvgIpc) is 2.75. The van der Waals surface area contributed by atoms with E-state index in [0.29, 0.717) is 5.75 Å². The lowest BCUT2D eigenvalue weighted by molar-refractivity contribution is 0.475. The number of hydrogen-bond donors (Lipinski definition) is 2. The lowest BCUT2D eigenvalue weighted by Crippen LogP contribution is -1.70. The molecule has 3 aromatic rings. The zero-order valence-electron chi connectivity index (χ0n) is 8.92. The van der Waals surface area contributed by atoms with Gasteiger partial charge in [0.25, 0.3) is 0 Å². The number of thiophene rings is 1. The third kappa shape index (κ3) is 1.74. The van der Waals surface area contributed by atoms with Crippen LogP contribution in [0.5, 0.6) is 11.5 Å². The van der Waals surface area contributed by atoms with Crippen LogP contribution in [0.1, 0.15) is 0 Å². The summed E-state index contributed by atoms with van der Waals surface area (Å²) in [6, 6.07) is 14.6. The molecule has 1 aromatic heterocycles. The summed E-state index contributed by atoms with van der Waals surface area (Å²) in [5.74, 6) is 0.571. The minimum atomic E-state index is 0.262. The maximum Gasteiger partial charge on any atom is 0.124 e. The Morgan fingerprint density at radius 3 is 2.35 bits per heavy atom. The van der Waals surface area contributed by atoms with Gasteiger partial charge in [0.15, 0.2) is 0 Å². The van der Waals surface area contributed by atoms with Gasteiger partial charge in [-0.05, 0) is 48.0 Å². The van der Waals surface area contributed by atoms with E-state index < -0.39 is 0 Å². The van der Waals surface area contributed by atoms with Crippen molar-refractivity contribution in [2.45, 2.75) is 0 Å². The summed E-state index contributed by atoms with van der Waals surface area (Å²) < 4.78 is 1.06. The van der Waals surface area contributed by atoms with Crippen molar-refractivity contribution in [1.82, 2.24) is 0 Å². The van der Waals surface area contributed by atoms with E-state index in [2.05, 4.69) is 0 Å². The molecule has 0 spiro atoms. The normalized spacial score (nSPS) is 10.8. The van der Waals surface area contributed by atoms with Crippen LogP contribution in [0.4, 0.5) is 0 Å². The topological polar surface area (TPSA) is 40.5 Å². The molecule has 0 saturated heterocycles. The predicted octanol–water partition coefficient (Wildman–Crippen LogP) is 3.98. The van der Waals surface area contributed by atoms with E-state index in [9.17, 15) is 10.2 Å². The van der Waals surface area contributed by atoms with Crippen LogP contribution in [0, 0.1) is 0 Å². The number of fused-ring (bicyclic) bond motifs is 1. The zero-order chi connectivity index (χ0) is 11.8. The number of benzene rings is 2. The standard InChI is InChI=1S/C14H10O2S/c15-10-6-4-9(5-7-10)14-8-11-12(16)2-1-3-13(11)17-14/h1-8,15-16H. The molecule has 17 heavy (non-hydrogen) atoms. The molecule has 3 heteroatoms. The first-order chi connectivity index (χ1) is 8.24. The van der Waals surface area contributed by atoms with Gasteiger partial charge in [0.2, 0.25) is 0 Å². The Bertz CT molecular complexity index is 668. The Labute approximate surface area is 102 Å². The van der Waals surface area contributed by atoms with Crippen molar-refractivity contribution in [2.75, 3.05) is 0 Å². The smallest absolute Gasteiger partial charge is 0.124 e. The summed E-state index contributed by atoms with van der Waals surface area (Å²) in [6.45, 7) is 0. The highest BCUT2D eigenvalue weighted by molar-refractivity contribution is 7.22. The quantitative estimate of drug-likeness (QED) is 0.677. The summed E-state index contributed by atoms with van der Waals surface area (Å²) in [4.78, 5) is 1.08. The second kappa shape index (κ2) is 3.79. The Morgan fingerprint density at radius 2 is 1.65 bits per heavy atom. The van der Waals surface area contributed by atoms with Crippen LogP contribution in [-0.4, -0.2) is 10.2 Å². The molecule has 0 saturated carbocycles. The van der Waals surface area contributed by atoms with Crippen LogP contribution in [-0.2, 0) is 0 Å². The molecule has 0 fully saturated rings. The molecule has 0 amide bonds. The van der Waals surface area contributed by atoms with Gasteiger partial charge in [-0.25, -0.2) is 0 Å². The predicted molar refractivity (Wildman–Crippen MR) is 70.6 cm³/mol. The molecular weight excluding hydrogens is 232 g/mol. The van der Waals surface area contributed by atoms with Gasteiger partial charge in [-0.2, -0.15) is 0 Å². The number of hydrogen-bond acceptors (Lipinski definition) is 3. The Morgan fingerprint density at radius 1 is 0.882 bits per heavy atom. The molecule has 2 aromatic carbocycles. The Balaban J connectivity index is 2.18. The van der Waals surface area contributed by atoms with Crippen molar-refractivity contribution in [3.63, 3.8) is 0 Å². The van der Waals surface area contributed by atoms with Gasteiger partial charge >= 0.3 is 0 Å². The Kier molecular flexibility index (Phi) is 2.27. The Hall–Kier alpha value is -2.00. The highest BCUT2D eigenvalue weighted by atomic mass is 32.1. The van der Waals surface area contributed by atoms with Crippen molar-refractivity contribution in [3.8, 4) is 21.9 Å². The van der Waals surface area contributed by atoms with E-state index in [1.165, 1.54) is 0 Å². The van der Waals surface area contributed by atoms with Crippen LogP contribution in [0.2, 0.25) is 0 Å². The summed E-state index contributed by atoms with van der Waals surface area (Å²) in [7, 11) is 0. The SMILES string of the molecule is Oc1ccc(-c2cc3c(O)cccc3s2)cc1. The van der Waals surface area contributed by atoms with E-state index in [-0.39, 0.29) is 5.75 Å². The average molecular weight is 242 g/mol. The molecule has 84 valence electrons. The largest absolute Gasteiger partial charge is 0.508 e. The first-order valence-electron chi connectivity index (χ1n) is 5.25. The maximum atomic E-state index is 9.74. The van der Waals surface area contributed by atoms with Gasteiger partial charge in [-0.3, -0.25) is 0 Å². The summed E-state index contributed by atoms with van der Waals surface area (Å²) in [5, 5.41) is 19.9. The van der Waals surface area contributed by atoms with Gasteiger partial charge in [-0.1, -0.05) is 6.07 Å². The third-order valence-electron chi connectivity index (χ3n) is 2.69. The van der Waals surface area contributed by atoms with Gasteiger partial charge in [-0.15, -0.1) is 11.3 Å². The van der Waals surface area contributed by atoms with E-state index in [1.807, 2.05) is 30.3 Å². The zero-order valence-corrected chi connectivity index (χ0v) is 9.74. The van der Waals surface area contributed by atoms with Gasteiger partial charge < -0.3 is 10.2 Å².